The van der Waals surface area contributed by atoms with Crippen LogP contribution in [-0.4, -0.2) is 44.3 Å². The molecule has 27 heavy (non-hydrogen) atoms. The monoisotopic (exact) mass is 381 g/mol. The Hall–Kier alpha value is -3.24. The van der Waals surface area contributed by atoms with Gasteiger partial charge in [0, 0.05) is 13.0 Å². The molecular formula is C16H14F3N5O3. The third-order valence-electron chi connectivity index (χ3n) is 3.92. The molecule has 0 aliphatic carbocycles. The summed E-state index contributed by atoms with van der Waals surface area (Å²) in [4.78, 5) is 40.5. The first-order chi connectivity index (χ1) is 12.7. The van der Waals surface area contributed by atoms with Gasteiger partial charge in [0.05, 0.1) is 11.1 Å². The minimum Gasteiger partial charge on any atom is -0.293 e. The van der Waals surface area contributed by atoms with E-state index in [-0.39, 0.29) is 19.4 Å². The highest BCUT2D eigenvalue weighted by molar-refractivity contribution is 6.21. The van der Waals surface area contributed by atoms with Crippen LogP contribution in [0.15, 0.2) is 18.2 Å². The SMILES string of the molecule is Cc1ccc2c(c1)C(=O)N(CCCC(=O)Nc1n[nH]c(C(F)(F)F)n1)C2=O. The van der Waals surface area contributed by atoms with E-state index in [1.54, 1.807) is 30.2 Å². The van der Waals surface area contributed by atoms with Crippen LogP contribution < -0.4 is 5.32 Å². The lowest BCUT2D eigenvalue weighted by atomic mass is 10.1. The van der Waals surface area contributed by atoms with E-state index in [1.807, 2.05) is 0 Å². The molecule has 2 heterocycles. The molecule has 1 aliphatic rings. The first-order valence-corrected chi connectivity index (χ1v) is 7.93. The second kappa shape index (κ2) is 6.82. The van der Waals surface area contributed by atoms with E-state index in [0.717, 1.165) is 10.5 Å². The number of fused-ring (bicyclic) bond motifs is 1. The third-order valence-corrected chi connectivity index (χ3v) is 3.92. The Kier molecular flexibility index (Phi) is 4.68. The normalized spacial score (nSPS) is 13.9. The van der Waals surface area contributed by atoms with Crippen LogP contribution in [0.1, 0.15) is 44.9 Å². The maximum absolute atomic E-state index is 12.4. The Morgan fingerprint density at radius 1 is 1.22 bits per heavy atom. The molecule has 1 aliphatic heterocycles. The summed E-state index contributed by atoms with van der Waals surface area (Å²) in [7, 11) is 0. The van der Waals surface area contributed by atoms with Gasteiger partial charge in [-0.2, -0.15) is 18.2 Å². The average Bonchev–Trinajstić information content (AvgIpc) is 3.14. The highest BCUT2D eigenvalue weighted by Gasteiger charge is 2.36. The Morgan fingerprint density at radius 2 is 1.93 bits per heavy atom. The first kappa shape index (κ1) is 18.5. The molecular weight excluding hydrogens is 367 g/mol. The number of carbonyl (C=O) groups is 3. The number of hydrogen-bond acceptors (Lipinski definition) is 5. The zero-order valence-corrected chi connectivity index (χ0v) is 14.1. The first-order valence-electron chi connectivity index (χ1n) is 7.93. The van der Waals surface area contributed by atoms with Crippen molar-refractivity contribution in [1.82, 2.24) is 20.1 Å². The predicted molar refractivity (Wildman–Crippen MR) is 85.8 cm³/mol. The molecule has 0 saturated carbocycles. The smallest absolute Gasteiger partial charge is 0.293 e. The number of imide groups is 1. The number of aromatic amines is 1. The van der Waals surface area contributed by atoms with Crippen LogP contribution in [0.25, 0.3) is 0 Å². The van der Waals surface area contributed by atoms with Crippen molar-refractivity contribution in [2.24, 2.45) is 0 Å². The number of aromatic nitrogens is 3. The van der Waals surface area contributed by atoms with Crippen LogP contribution in [0.4, 0.5) is 19.1 Å². The number of nitrogens with zero attached hydrogens (tertiary/aromatic N) is 3. The van der Waals surface area contributed by atoms with Gasteiger partial charge < -0.3 is 0 Å². The molecule has 0 radical (unpaired) electrons. The third kappa shape index (κ3) is 3.81. The number of carbonyl (C=O) groups excluding carboxylic acids is 3. The molecule has 1 aromatic heterocycles. The zero-order chi connectivity index (χ0) is 19.8. The molecule has 2 N–H and O–H groups in total. The lowest BCUT2D eigenvalue weighted by Crippen LogP contribution is -2.31. The minimum absolute atomic E-state index is 0.0145. The van der Waals surface area contributed by atoms with Crippen molar-refractivity contribution in [1.29, 1.82) is 0 Å². The fourth-order valence-corrected chi connectivity index (χ4v) is 2.64. The maximum atomic E-state index is 12.4. The summed E-state index contributed by atoms with van der Waals surface area (Å²) in [6.07, 6.45) is -4.67. The Balaban J connectivity index is 1.53. The number of anilines is 1. The second-order valence-corrected chi connectivity index (χ2v) is 5.97. The predicted octanol–water partition coefficient (Wildman–Crippen LogP) is 2.15. The lowest BCUT2D eigenvalue weighted by Gasteiger charge is -2.13. The van der Waals surface area contributed by atoms with Crippen molar-refractivity contribution in [3.8, 4) is 0 Å². The molecule has 1 aromatic carbocycles. The molecule has 3 rings (SSSR count). The Morgan fingerprint density at radius 3 is 2.59 bits per heavy atom. The van der Waals surface area contributed by atoms with E-state index >= 15 is 0 Å². The second-order valence-electron chi connectivity index (χ2n) is 5.97. The van der Waals surface area contributed by atoms with E-state index in [4.69, 9.17) is 0 Å². The summed E-state index contributed by atoms with van der Waals surface area (Å²) in [5.74, 6) is -3.31. The van der Waals surface area contributed by atoms with Gasteiger partial charge in [-0.15, -0.1) is 5.10 Å². The number of halogens is 3. The Labute approximate surface area is 150 Å². The molecule has 0 unspecified atom stereocenters. The van der Waals surface area contributed by atoms with Crippen molar-refractivity contribution >= 4 is 23.7 Å². The number of H-pyrrole nitrogens is 1. The molecule has 0 fully saturated rings. The van der Waals surface area contributed by atoms with Gasteiger partial charge in [-0.25, -0.2) is 0 Å². The number of aryl methyl sites for hydroxylation is 1. The van der Waals surface area contributed by atoms with Gasteiger partial charge in [-0.05, 0) is 25.5 Å². The van der Waals surface area contributed by atoms with Crippen molar-refractivity contribution in [2.75, 3.05) is 11.9 Å². The Bertz CT molecular complexity index is 922. The summed E-state index contributed by atoms with van der Waals surface area (Å²) in [6, 6.07) is 4.94. The highest BCUT2D eigenvalue weighted by atomic mass is 19.4. The molecule has 0 bridgehead atoms. The van der Waals surface area contributed by atoms with Crippen LogP contribution in [0.2, 0.25) is 0 Å². The van der Waals surface area contributed by atoms with E-state index in [1.165, 1.54) is 0 Å². The summed E-state index contributed by atoms with van der Waals surface area (Å²) >= 11 is 0. The van der Waals surface area contributed by atoms with Gasteiger partial charge in [0.2, 0.25) is 17.7 Å². The van der Waals surface area contributed by atoms with Crippen molar-refractivity contribution < 1.29 is 27.6 Å². The summed E-state index contributed by atoms with van der Waals surface area (Å²) < 4.78 is 37.2. The van der Waals surface area contributed by atoms with E-state index in [9.17, 15) is 27.6 Å². The average molecular weight is 381 g/mol. The van der Waals surface area contributed by atoms with Gasteiger partial charge in [0.25, 0.3) is 11.8 Å². The summed E-state index contributed by atoms with van der Waals surface area (Å²) in [5, 5.41) is 7.07. The standard InChI is InChI=1S/C16H14F3N5O3/c1-8-4-5-9-10(7-8)13(27)24(12(9)26)6-2-3-11(25)20-15-21-14(22-23-15)16(17,18)19/h4-5,7H,2-3,6H2,1H3,(H2,20,21,22,23,25). The molecule has 0 saturated heterocycles. The zero-order valence-electron chi connectivity index (χ0n) is 14.1. The largest absolute Gasteiger partial charge is 0.451 e. The van der Waals surface area contributed by atoms with E-state index in [2.05, 4.69) is 15.4 Å². The molecule has 8 nitrogen and oxygen atoms in total. The van der Waals surface area contributed by atoms with Crippen LogP contribution in [-0.2, 0) is 11.0 Å². The number of nitrogens with one attached hydrogen (secondary N) is 2. The van der Waals surface area contributed by atoms with Gasteiger partial charge >= 0.3 is 6.18 Å². The number of amides is 3. The summed E-state index contributed by atoms with van der Waals surface area (Å²) in [5.41, 5.74) is 1.49. The fraction of sp³-hybridized carbons (Fsp3) is 0.312. The van der Waals surface area contributed by atoms with E-state index < -0.39 is 35.7 Å². The molecule has 3 amide bonds. The molecule has 0 atom stereocenters. The fourth-order valence-electron chi connectivity index (χ4n) is 2.64. The van der Waals surface area contributed by atoms with E-state index in [0.29, 0.717) is 11.1 Å². The number of alkyl halides is 3. The van der Waals surface area contributed by atoms with Crippen LogP contribution in [0.3, 0.4) is 0 Å². The number of benzene rings is 1. The van der Waals surface area contributed by atoms with Crippen molar-refractivity contribution in [2.45, 2.75) is 25.9 Å². The van der Waals surface area contributed by atoms with Crippen molar-refractivity contribution in [3.05, 3.63) is 40.7 Å². The molecule has 2 aromatic rings. The maximum Gasteiger partial charge on any atom is 0.451 e. The lowest BCUT2D eigenvalue weighted by molar-refractivity contribution is -0.144. The quantitative estimate of drug-likeness (QED) is 0.772. The summed E-state index contributed by atoms with van der Waals surface area (Å²) in [6.45, 7) is 1.82. The topological polar surface area (TPSA) is 108 Å². The van der Waals surface area contributed by atoms with Gasteiger partial charge in [-0.1, -0.05) is 11.6 Å². The van der Waals surface area contributed by atoms with Gasteiger partial charge in [-0.3, -0.25) is 29.7 Å². The highest BCUT2D eigenvalue weighted by Crippen LogP contribution is 2.26. The molecule has 142 valence electrons. The van der Waals surface area contributed by atoms with Crippen LogP contribution in [0, 0.1) is 6.92 Å². The minimum atomic E-state index is -4.69. The van der Waals surface area contributed by atoms with Crippen molar-refractivity contribution in [3.63, 3.8) is 0 Å². The van der Waals surface area contributed by atoms with Crippen LogP contribution >= 0.6 is 0 Å². The number of hydrogen-bond donors (Lipinski definition) is 2. The van der Waals surface area contributed by atoms with Gasteiger partial charge in [0.15, 0.2) is 0 Å². The van der Waals surface area contributed by atoms with Gasteiger partial charge in [0.1, 0.15) is 0 Å². The molecule has 11 heteroatoms. The molecule has 0 spiro atoms. The number of rotatable bonds is 5. The van der Waals surface area contributed by atoms with Crippen LogP contribution in [0.5, 0.6) is 0 Å².